The van der Waals surface area contributed by atoms with E-state index in [2.05, 4.69) is 14.8 Å². The molecule has 0 heterocycles. The van der Waals surface area contributed by atoms with Crippen LogP contribution >= 0.6 is 0 Å². The molecule has 2 aromatic carbocycles. The number of rotatable bonds is 9. The van der Waals surface area contributed by atoms with Crippen LogP contribution in [0.4, 0.5) is 17.6 Å². The van der Waals surface area contributed by atoms with Crippen LogP contribution in [0.3, 0.4) is 0 Å². The van der Waals surface area contributed by atoms with Crippen molar-refractivity contribution >= 4 is 15.9 Å². The van der Waals surface area contributed by atoms with Crippen LogP contribution in [-0.2, 0) is 21.4 Å². The lowest BCUT2D eigenvalue weighted by atomic mass is 10.2. The van der Waals surface area contributed by atoms with Crippen molar-refractivity contribution in [2.45, 2.75) is 30.6 Å². The third-order valence-electron chi connectivity index (χ3n) is 3.64. The van der Waals surface area contributed by atoms with Crippen LogP contribution in [0.1, 0.15) is 18.4 Å². The molecule has 2 aromatic rings. The van der Waals surface area contributed by atoms with Gasteiger partial charge >= 0.3 is 6.36 Å². The molecule has 0 aliphatic heterocycles. The van der Waals surface area contributed by atoms with Crippen LogP contribution in [0.15, 0.2) is 53.4 Å². The number of amides is 1. The van der Waals surface area contributed by atoms with E-state index in [0.29, 0.717) is 5.56 Å². The Morgan fingerprint density at radius 2 is 1.62 bits per heavy atom. The van der Waals surface area contributed by atoms with Crippen LogP contribution < -0.4 is 14.8 Å². The van der Waals surface area contributed by atoms with E-state index in [-0.39, 0.29) is 42.5 Å². The van der Waals surface area contributed by atoms with Crippen molar-refractivity contribution in [1.82, 2.24) is 10.0 Å². The van der Waals surface area contributed by atoms with E-state index in [1.54, 1.807) is 0 Å². The number of carbonyl (C=O) groups excluding carboxylic acids is 1. The molecule has 6 nitrogen and oxygen atoms in total. The minimum atomic E-state index is -4.77. The van der Waals surface area contributed by atoms with Crippen molar-refractivity contribution in [3.63, 3.8) is 0 Å². The van der Waals surface area contributed by atoms with Crippen LogP contribution in [-0.4, -0.2) is 27.2 Å². The molecular weight excluding hydrogens is 416 g/mol. The molecule has 11 heteroatoms. The van der Waals surface area contributed by atoms with E-state index in [9.17, 15) is 30.8 Å². The van der Waals surface area contributed by atoms with Crippen LogP contribution in [0.25, 0.3) is 0 Å². The Balaban J connectivity index is 1.70. The second-order valence-electron chi connectivity index (χ2n) is 5.92. The Hall–Kier alpha value is -2.66. The van der Waals surface area contributed by atoms with Gasteiger partial charge in [-0.25, -0.2) is 17.5 Å². The summed E-state index contributed by atoms with van der Waals surface area (Å²) < 4.78 is 79.2. The van der Waals surface area contributed by atoms with Crippen LogP contribution in [0.2, 0.25) is 0 Å². The van der Waals surface area contributed by atoms with Crippen molar-refractivity contribution in [2.75, 3.05) is 6.54 Å². The highest BCUT2D eigenvalue weighted by Crippen LogP contribution is 2.22. The first-order valence-electron chi connectivity index (χ1n) is 8.42. The predicted molar refractivity (Wildman–Crippen MR) is 95.8 cm³/mol. The molecular formula is C18H18F4N2O4S. The summed E-state index contributed by atoms with van der Waals surface area (Å²) in [6.45, 7) is 0.114. The van der Waals surface area contributed by atoms with Gasteiger partial charge in [0.25, 0.3) is 0 Å². The highest BCUT2D eigenvalue weighted by Gasteiger charge is 2.30. The minimum absolute atomic E-state index is 0.0105. The zero-order chi connectivity index (χ0) is 21.5. The van der Waals surface area contributed by atoms with Gasteiger partial charge in [0.1, 0.15) is 11.6 Å². The number of hydrogen-bond acceptors (Lipinski definition) is 4. The molecule has 29 heavy (non-hydrogen) atoms. The Kier molecular flexibility index (Phi) is 7.57. The predicted octanol–water partition coefficient (Wildman–Crippen LogP) is 3.10. The molecule has 1 amide bonds. The molecule has 0 spiro atoms. The molecule has 0 bridgehead atoms. The molecule has 158 valence electrons. The molecule has 0 fully saturated rings. The van der Waals surface area contributed by atoms with Gasteiger partial charge in [0.05, 0.1) is 4.90 Å². The number of sulfonamides is 1. The first-order chi connectivity index (χ1) is 13.5. The number of benzene rings is 2. The Labute approximate surface area is 164 Å². The molecule has 0 atom stereocenters. The standard InChI is InChI=1S/C18H18F4N2O4S/c19-14-5-9-16(10-6-14)29(26,27)24-11-1-2-17(25)23-12-13-3-7-15(8-4-13)28-18(20,21)22/h3-10,24H,1-2,11-12H2,(H,23,25). The molecule has 2 rings (SSSR count). The van der Waals surface area contributed by atoms with Gasteiger partial charge in [-0.15, -0.1) is 13.2 Å². The normalized spacial score (nSPS) is 11.9. The van der Waals surface area contributed by atoms with Crippen molar-refractivity contribution in [3.8, 4) is 5.75 Å². The number of halogens is 4. The van der Waals surface area contributed by atoms with E-state index >= 15 is 0 Å². The summed E-state index contributed by atoms with van der Waals surface area (Å²) >= 11 is 0. The largest absolute Gasteiger partial charge is 0.573 e. The molecule has 0 unspecified atom stereocenters. The highest BCUT2D eigenvalue weighted by molar-refractivity contribution is 7.89. The number of hydrogen-bond donors (Lipinski definition) is 2. The lowest BCUT2D eigenvalue weighted by Crippen LogP contribution is -2.27. The van der Waals surface area contributed by atoms with Crippen molar-refractivity contribution in [2.24, 2.45) is 0 Å². The second-order valence-corrected chi connectivity index (χ2v) is 7.69. The zero-order valence-electron chi connectivity index (χ0n) is 15.0. The fraction of sp³-hybridized carbons (Fsp3) is 0.278. The first-order valence-corrected chi connectivity index (χ1v) is 9.90. The average Bonchev–Trinajstić information content (AvgIpc) is 2.64. The van der Waals surface area contributed by atoms with Crippen LogP contribution in [0, 0.1) is 5.82 Å². The molecule has 0 aromatic heterocycles. The molecule has 0 aliphatic rings. The summed E-state index contributed by atoms with van der Waals surface area (Å²) in [5, 5.41) is 2.58. The van der Waals surface area contributed by atoms with Crippen molar-refractivity contribution in [3.05, 3.63) is 59.9 Å². The summed E-state index contributed by atoms with van der Waals surface area (Å²) in [6, 6.07) is 9.38. The topological polar surface area (TPSA) is 84.5 Å². The second kappa shape index (κ2) is 9.70. The smallest absolute Gasteiger partial charge is 0.406 e. The van der Waals surface area contributed by atoms with E-state index in [0.717, 1.165) is 36.4 Å². The lowest BCUT2D eigenvalue weighted by molar-refractivity contribution is -0.274. The summed E-state index contributed by atoms with van der Waals surface area (Å²) in [6.07, 6.45) is -4.50. The number of nitrogens with one attached hydrogen (secondary N) is 2. The third-order valence-corrected chi connectivity index (χ3v) is 5.12. The maximum atomic E-state index is 12.8. The van der Waals surface area contributed by atoms with Gasteiger partial charge in [-0.05, 0) is 48.4 Å². The number of carbonyl (C=O) groups is 1. The Bertz CT molecular complexity index is 914. The summed E-state index contributed by atoms with van der Waals surface area (Å²) in [5.74, 6) is -1.26. The quantitative estimate of drug-likeness (QED) is 0.469. The minimum Gasteiger partial charge on any atom is -0.406 e. The van der Waals surface area contributed by atoms with E-state index in [4.69, 9.17) is 0 Å². The SMILES string of the molecule is O=C(CCCNS(=O)(=O)c1ccc(F)cc1)NCc1ccc(OC(F)(F)F)cc1. The maximum absolute atomic E-state index is 12.8. The third kappa shape index (κ3) is 8.08. The van der Waals surface area contributed by atoms with E-state index in [1.807, 2.05) is 0 Å². The zero-order valence-corrected chi connectivity index (χ0v) is 15.8. The summed E-state index contributed by atoms with van der Waals surface area (Å²) in [4.78, 5) is 11.7. The lowest BCUT2D eigenvalue weighted by Gasteiger charge is -2.10. The fourth-order valence-corrected chi connectivity index (χ4v) is 3.32. The average molecular weight is 434 g/mol. The van der Waals surface area contributed by atoms with Crippen molar-refractivity contribution < 1.29 is 35.5 Å². The number of alkyl halides is 3. The summed E-state index contributed by atoms with van der Waals surface area (Å²) in [5.41, 5.74) is 0.574. The molecule has 0 aliphatic carbocycles. The summed E-state index contributed by atoms with van der Waals surface area (Å²) in [7, 11) is -3.79. The van der Waals surface area contributed by atoms with Crippen LogP contribution in [0.5, 0.6) is 5.75 Å². The number of ether oxygens (including phenoxy) is 1. The van der Waals surface area contributed by atoms with Gasteiger partial charge in [-0.3, -0.25) is 4.79 Å². The molecule has 0 saturated heterocycles. The van der Waals surface area contributed by atoms with Gasteiger partial charge in [-0.1, -0.05) is 12.1 Å². The van der Waals surface area contributed by atoms with Gasteiger partial charge in [0.15, 0.2) is 0 Å². The maximum Gasteiger partial charge on any atom is 0.573 e. The molecule has 2 N–H and O–H groups in total. The monoisotopic (exact) mass is 434 g/mol. The van der Waals surface area contributed by atoms with Gasteiger partial charge in [-0.2, -0.15) is 0 Å². The molecule has 0 radical (unpaired) electrons. The van der Waals surface area contributed by atoms with E-state index in [1.165, 1.54) is 12.1 Å². The first kappa shape index (κ1) is 22.6. The highest BCUT2D eigenvalue weighted by atomic mass is 32.2. The Morgan fingerprint density at radius 3 is 2.21 bits per heavy atom. The fourth-order valence-electron chi connectivity index (χ4n) is 2.25. The van der Waals surface area contributed by atoms with E-state index < -0.39 is 22.2 Å². The van der Waals surface area contributed by atoms with Gasteiger partial charge in [0.2, 0.25) is 15.9 Å². The molecule has 0 saturated carbocycles. The Morgan fingerprint density at radius 1 is 1.00 bits per heavy atom. The van der Waals surface area contributed by atoms with Gasteiger partial charge in [0, 0.05) is 19.5 Å². The van der Waals surface area contributed by atoms with Gasteiger partial charge < -0.3 is 10.1 Å². The van der Waals surface area contributed by atoms with Crippen molar-refractivity contribution in [1.29, 1.82) is 0 Å².